The van der Waals surface area contributed by atoms with E-state index in [1.807, 2.05) is 0 Å². The van der Waals surface area contributed by atoms with Gasteiger partial charge in [-0.15, -0.1) is 0 Å². The van der Waals surface area contributed by atoms with Gasteiger partial charge in [-0.25, -0.2) is 4.79 Å². The first-order valence-corrected chi connectivity index (χ1v) is 26.5. The lowest BCUT2D eigenvalue weighted by molar-refractivity contribution is -0.143. The third kappa shape index (κ3) is 27.6. The zero-order valence-electron chi connectivity index (χ0n) is 47.6. The second-order valence-corrected chi connectivity index (χ2v) is 20.6. The van der Waals surface area contributed by atoms with E-state index in [-0.39, 0.29) is 44.1 Å². The van der Waals surface area contributed by atoms with Crippen molar-refractivity contribution in [2.45, 2.75) is 174 Å². The number of nitrogens with zero attached hydrogens (tertiary/aromatic N) is 1. The highest BCUT2D eigenvalue weighted by molar-refractivity contribution is 5.99. The lowest BCUT2D eigenvalue weighted by Gasteiger charge is -2.28. The topological polar surface area (TPSA) is 554 Å². The Balaban J connectivity index is 6.19. The van der Waals surface area contributed by atoms with E-state index < -0.39 is 200 Å². The Morgan fingerprint density at radius 1 is 0.500 bits per heavy atom. The van der Waals surface area contributed by atoms with Crippen LogP contribution in [0.5, 0.6) is 0 Å². The molecule has 0 unspecified atom stereocenters. The molecule has 0 fully saturated rings. The van der Waals surface area contributed by atoms with Gasteiger partial charge in [-0.3, -0.25) is 62.5 Å². The Hall–Kier alpha value is -7.78. The van der Waals surface area contributed by atoms with Gasteiger partial charge in [0.2, 0.25) is 59.1 Å². The van der Waals surface area contributed by atoms with E-state index in [0.717, 1.165) is 0 Å². The fourth-order valence-corrected chi connectivity index (χ4v) is 7.38. The number of rotatable bonds is 39. The quantitative estimate of drug-likeness (QED) is 0.0154. The molecule has 12 atom stereocenters. The summed E-state index contributed by atoms with van der Waals surface area (Å²) in [5.74, 6) is -17.5. The molecule has 0 aromatic heterocycles. The smallest absolute Gasteiger partial charge is 0.326 e. The normalized spacial score (nSPS) is 15.6. The molecule has 0 aromatic rings. The van der Waals surface area contributed by atoms with E-state index in [1.165, 1.54) is 27.7 Å². The number of aliphatic imine (C=N–C) groups is 1. The summed E-state index contributed by atoms with van der Waals surface area (Å²) in [6.45, 7) is 10.8. The van der Waals surface area contributed by atoms with E-state index in [4.69, 9.17) is 17.2 Å². The number of hydrogen-bond acceptors (Lipinski definition) is 18. The molecule has 0 aromatic carbocycles. The summed E-state index contributed by atoms with van der Waals surface area (Å²) in [6.07, 6.45) is -3.42. The lowest BCUT2D eigenvalue weighted by Crippen LogP contribution is -2.61. The molecule has 0 spiro atoms. The van der Waals surface area contributed by atoms with Crippen LogP contribution >= 0.6 is 0 Å². The Labute approximate surface area is 474 Å². The van der Waals surface area contributed by atoms with Crippen molar-refractivity contribution in [3.63, 3.8) is 0 Å². The SMILES string of the molecule is CC[C@H](C)[C@H](NC(=O)CNC(=O)[C@H](CO)NC(=O)[C@H](CC(=O)O)NC(=O)[C@H](CC(C)C)NC(=O)[C@@H](NC(=O)[C@@H](N)[C@@H](C)O)C(C)C)C(=O)N[C@@H](CO)C(=O)N[C@@H](CCC(=O)O)C(=O)N[C@H](C(=O)N[C@@H](CCCN=C(N)N)C(=O)O)C(C)C. The molecule has 33 nitrogen and oxygen atoms in total. The molecular weight excluding hydrogens is 1090 g/mol. The number of aliphatic carboxylic acids is 3. The van der Waals surface area contributed by atoms with E-state index >= 15 is 0 Å². The molecule has 466 valence electrons. The van der Waals surface area contributed by atoms with Gasteiger partial charge in [0, 0.05) is 13.0 Å². The maximum absolute atomic E-state index is 13.7. The highest BCUT2D eigenvalue weighted by Crippen LogP contribution is 2.13. The van der Waals surface area contributed by atoms with Crippen molar-refractivity contribution in [1.29, 1.82) is 0 Å². The van der Waals surface area contributed by atoms with Gasteiger partial charge in [-0.1, -0.05) is 61.8 Å². The van der Waals surface area contributed by atoms with E-state index in [2.05, 4.69) is 58.2 Å². The molecule has 0 rings (SSSR count). The molecule has 0 aliphatic heterocycles. The molecule has 10 amide bonds. The van der Waals surface area contributed by atoms with Gasteiger partial charge in [-0.05, 0) is 56.3 Å². The van der Waals surface area contributed by atoms with Crippen molar-refractivity contribution >= 4 is 82.9 Å². The first-order valence-electron chi connectivity index (χ1n) is 26.5. The van der Waals surface area contributed by atoms with Crippen LogP contribution in [0.1, 0.15) is 107 Å². The highest BCUT2D eigenvalue weighted by atomic mass is 16.4. The van der Waals surface area contributed by atoms with Crippen LogP contribution in [-0.2, 0) is 62.3 Å². The number of carboxylic acid groups (broad SMARTS) is 3. The minimum absolute atomic E-state index is 0.0505. The predicted octanol–water partition coefficient (Wildman–Crippen LogP) is -6.96. The fourth-order valence-electron chi connectivity index (χ4n) is 7.38. The van der Waals surface area contributed by atoms with Crippen LogP contribution in [0.3, 0.4) is 0 Å². The summed E-state index contributed by atoms with van der Waals surface area (Å²) in [7, 11) is 0. The van der Waals surface area contributed by atoms with Crippen molar-refractivity contribution < 1.29 is 93.0 Å². The van der Waals surface area contributed by atoms with Gasteiger partial charge >= 0.3 is 17.9 Å². The summed E-state index contributed by atoms with van der Waals surface area (Å²) in [6, 6.07) is -15.8. The van der Waals surface area contributed by atoms with Crippen molar-refractivity contribution in [3.05, 3.63) is 0 Å². The van der Waals surface area contributed by atoms with Gasteiger partial charge in [0.05, 0.1) is 32.3 Å². The van der Waals surface area contributed by atoms with Crippen molar-refractivity contribution in [2.75, 3.05) is 26.3 Å². The van der Waals surface area contributed by atoms with Gasteiger partial charge < -0.3 is 101 Å². The van der Waals surface area contributed by atoms with Gasteiger partial charge in [0.1, 0.15) is 60.4 Å². The molecular formula is C49H86N14O19. The Morgan fingerprint density at radius 2 is 0.939 bits per heavy atom. The molecule has 0 heterocycles. The molecule has 33 heteroatoms. The molecule has 22 N–H and O–H groups in total. The number of hydrogen-bond donors (Lipinski definition) is 19. The monoisotopic (exact) mass is 1170 g/mol. The molecule has 0 bridgehead atoms. The predicted molar refractivity (Wildman–Crippen MR) is 289 cm³/mol. The van der Waals surface area contributed by atoms with E-state index in [0.29, 0.717) is 0 Å². The third-order valence-corrected chi connectivity index (χ3v) is 12.4. The van der Waals surface area contributed by atoms with Crippen molar-refractivity contribution in [1.82, 2.24) is 53.2 Å². The Kier molecular flexibility index (Phi) is 33.7. The van der Waals surface area contributed by atoms with Crippen LogP contribution in [0, 0.1) is 23.7 Å². The van der Waals surface area contributed by atoms with Crippen LogP contribution in [0.2, 0.25) is 0 Å². The number of nitrogens with two attached hydrogens (primary N) is 3. The second-order valence-electron chi connectivity index (χ2n) is 20.6. The average molecular weight is 1180 g/mol. The zero-order chi connectivity index (χ0) is 63.3. The number of nitrogens with one attached hydrogen (secondary N) is 10. The maximum atomic E-state index is 13.7. The number of guanidine groups is 1. The summed E-state index contributed by atoms with van der Waals surface area (Å²) >= 11 is 0. The van der Waals surface area contributed by atoms with Crippen LogP contribution in [-0.4, -0.2) is 206 Å². The second kappa shape index (κ2) is 37.3. The number of carbonyl (C=O) groups is 13. The minimum Gasteiger partial charge on any atom is -0.481 e. The molecule has 0 saturated heterocycles. The zero-order valence-corrected chi connectivity index (χ0v) is 47.6. The average Bonchev–Trinajstić information content (AvgIpc) is 3.45. The standard InChI is InChI=1S/C49H86N14O19/c1-10-24(8)38(47(80)60-31(20-65)43(76)55-26(13-14-33(68)69)40(73)62-36(22(4)5)45(78)56-27(48(81)82)12-11-15-53-49(51)52)61-32(67)18-54-39(72)30(19-64)59-42(75)29(17-34(70)71)57-41(74)28(16-21(2)3)58-46(79)37(23(6)7)63-44(77)35(50)25(9)66/h21-31,35-38,64-66H,10-20,50H2,1-9H3,(H,54,72)(H,55,76)(H,56,78)(H,57,74)(H,58,79)(H,59,75)(H,60,80)(H,61,67)(H,62,73)(H,63,77)(H,68,69)(H,70,71)(H,81,82)(H4,51,52,53)/t24-,25+,26-,27-,28-,29-,30-,31-,35-,36-,37-,38-/m0/s1. The molecule has 0 aliphatic carbocycles. The van der Waals surface area contributed by atoms with Crippen molar-refractivity contribution in [2.24, 2.45) is 45.9 Å². The van der Waals surface area contributed by atoms with Gasteiger partial charge in [0.15, 0.2) is 5.96 Å². The first-order chi connectivity index (χ1) is 38.1. The summed E-state index contributed by atoms with van der Waals surface area (Å²) < 4.78 is 0. The number of carbonyl (C=O) groups excluding carboxylic acids is 10. The minimum atomic E-state index is -1.92. The Bertz CT molecular complexity index is 2250. The summed E-state index contributed by atoms with van der Waals surface area (Å²) in [5, 5.41) is 81.7. The van der Waals surface area contributed by atoms with E-state index in [9.17, 15) is 93.0 Å². The van der Waals surface area contributed by atoms with Crippen molar-refractivity contribution in [3.8, 4) is 0 Å². The van der Waals surface area contributed by atoms with Crippen LogP contribution in [0.15, 0.2) is 4.99 Å². The number of aliphatic hydroxyl groups is 3. The molecule has 0 saturated carbocycles. The molecule has 82 heavy (non-hydrogen) atoms. The number of aliphatic hydroxyl groups excluding tert-OH is 3. The van der Waals surface area contributed by atoms with E-state index in [1.54, 1.807) is 34.6 Å². The third-order valence-electron chi connectivity index (χ3n) is 12.4. The van der Waals surface area contributed by atoms with Crippen LogP contribution in [0.4, 0.5) is 0 Å². The largest absolute Gasteiger partial charge is 0.481 e. The van der Waals surface area contributed by atoms with Gasteiger partial charge in [0.25, 0.3) is 0 Å². The Morgan fingerprint density at radius 3 is 1.40 bits per heavy atom. The maximum Gasteiger partial charge on any atom is 0.326 e. The summed E-state index contributed by atoms with van der Waals surface area (Å²) in [4.78, 5) is 173. The lowest BCUT2D eigenvalue weighted by atomic mass is 9.97. The van der Waals surface area contributed by atoms with Gasteiger partial charge in [-0.2, -0.15) is 0 Å². The van der Waals surface area contributed by atoms with Crippen LogP contribution < -0.4 is 70.4 Å². The fraction of sp³-hybridized carbons (Fsp3) is 0.714. The number of carboxylic acids is 3. The summed E-state index contributed by atoms with van der Waals surface area (Å²) in [5.41, 5.74) is 16.3. The van der Waals surface area contributed by atoms with Crippen LogP contribution in [0.25, 0.3) is 0 Å². The highest BCUT2D eigenvalue weighted by Gasteiger charge is 2.37. The molecule has 0 aliphatic rings. The number of amides is 10. The first kappa shape index (κ1) is 74.2. The molecule has 0 radical (unpaired) electrons.